The van der Waals surface area contributed by atoms with Gasteiger partial charge >= 0.3 is 5.97 Å². The van der Waals surface area contributed by atoms with E-state index >= 15 is 0 Å². The topological polar surface area (TPSA) is 72.8 Å². The van der Waals surface area contributed by atoms with Crippen molar-refractivity contribution in [2.45, 2.75) is 72.5 Å². The molecule has 4 unspecified atom stereocenters. The molecule has 5 heteroatoms. The van der Waals surface area contributed by atoms with Gasteiger partial charge in [-0.25, -0.2) is 4.79 Å². The van der Waals surface area contributed by atoms with Crippen LogP contribution in [0.3, 0.4) is 0 Å². The van der Waals surface area contributed by atoms with Crippen LogP contribution < -0.4 is 0 Å². The standard InChI is InChI=1S/C24H38O5/c1-8-22(5)12-17(29-18(26)13-25)23(6)15(3)9-10-24(16(4)21(22)27)11-14(2)19(28-7)20(23)24/h8,14-17,19-20,25H,1,9-13H2,2-7H3/t14-,15?,16?,17-,19-,20?,22-,23+,24?/m1/s1. The molecule has 0 aromatic rings. The number of hydrogen-bond acceptors (Lipinski definition) is 5. The summed E-state index contributed by atoms with van der Waals surface area (Å²) in [5.74, 6) is 0.180. The summed E-state index contributed by atoms with van der Waals surface area (Å²) in [6, 6.07) is 0. The molecule has 3 aliphatic carbocycles. The molecule has 0 amide bonds. The predicted molar refractivity (Wildman–Crippen MR) is 111 cm³/mol. The van der Waals surface area contributed by atoms with Crippen LogP contribution in [0.4, 0.5) is 0 Å². The summed E-state index contributed by atoms with van der Waals surface area (Å²) in [5.41, 5.74) is -1.30. The minimum Gasteiger partial charge on any atom is -0.460 e. The average Bonchev–Trinajstić information content (AvgIpc) is 3.01. The summed E-state index contributed by atoms with van der Waals surface area (Å²) in [6.07, 6.45) is 4.58. The fourth-order valence-electron chi connectivity index (χ4n) is 7.39. The van der Waals surface area contributed by atoms with Gasteiger partial charge in [0.2, 0.25) is 0 Å². The molecule has 2 bridgehead atoms. The van der Waals surface area contributed by atoms with Crippen LogP contribution >= 0.6 is 0 Å². The molecule has 29 heavy (non-hydrogen) atoms. The summed E-state index contributed by atoms with van der Waals surface area (Å²) in [6.45, 7) is 14.0. The van der Waals surface area contributed by atoms with Crippen molar-refractivity contribution in [2.24, 2.45) is 39.9 Å². The van der Waals surface area contributed by atoms with E-state index < -0.39 is 24.1 Å². The Bertz CT molecular complexity index is 689. The summed E-state index contributed by atoms with van der Waals surface area (Å²) >= 11 is 0. The number of aliphatic hydroxyl groups is 1. The Morgan fingerprint density at radius 3 is 2.48 bits per heavy atom. The van der Waals surface area contributed by atoms with Crippen molar-refractivity contribution < 1.29 is 24.2 Å². The zero-order valence-electron chi connectivity index (χ0n) is 18.9. The third-order valence-corrected chi connectivity index (χ3v) is 9.23. The highest BCUT2D eigenvalue weighted by atomic mass is 16.6. The van der Waals surface area contributed by atoms with E-state index in [0.29, 0.717) is 18.3 Å². The van der Waals surface area contributed by atoms with E-state index in [9.17, 15) is 14.7 Å². The molecule has 1 N–H and O–H groups in total. The molecule has 0 radical (unpaired) electrons. The SMILES string of the molecule is C=C[C@]1(C)C[C@@H](OC(=O)CO)[C@]2(C)C(C)CCC3(C[C@@H](C)[C@@H](OC)C32)C(C)C1=O. The lowest BCUT2D eigenvalue weighted by Crippen LogP contribution is -2.63. The zero-order valence-corrected chi connectivity index (χ0v) is 18.9. The van der Waals surface area contributed by atoms with E-state index in [1.54, 1.807) is 13.2 Å². The Hall–Kier alpha value is -1.20. The highest BCUT2D eigenvalue weighted by Gasteiger charge is 2.69. The number of carbonyl (C=O) groups excluding carboxylic acids is 2. The van der Waals surface area contributed by atoms with Gasteiger partial charge in [0.05, 0.1) is 6.10 Å². The van der Waals surface area contributed by atoms with Crippen LogP contribution in [0.2, 0.25) is 0 Å². The van der Waals surface area contributed by atoms with Crippen LogP contribution in [-0.2, 0) is 19.1 Å². The molecule has 9 atom stereocenters. The van der Waals surface area contributed by atoms with Gasteiger partial charge in [-0.2, -0.15) is 0 Å². The number of allylic oxidation sites excluding steroid dienone is 1. The van der Waals surface area contributed by atoms with Crippen LogP contribution in [0.25, 0.3) is 0 Å². The number of aliphatic hydroxyl groups excluding tert-OH is 1. The number of Topliss-reactive ketones (excluding diaryl/α,β-unsaturated/α-hetero) is 1. The van der Waals surface area contributed by atoms with Gasteiger partial charge in [0.1, 0.15) is 18.5 Å². The fourth-order valence-corrected chi connectivity index (χ4v) is 7.39. The van der Waals surface area contributed by atoms with E-state index in [0.717, 1.165) is 19.3 Å². The number of ether oxygens (including phenoxy) is 2. The molecule has 5 nitrogen and oxygen atoms in total. The molecule has 0 saturated heterocycles. The van der Waals surface area contributed by atoms with Crippen molar-refractivity contribution in [2.75, 3.05) is 13.7 Å². The second kappa shape index (κ2) is 7.49. The Morgan fingerprint density at radius 1 is 1.28 bits per heavy atom. The first-order chi connectivity index (χ1) is 13.5. The van der Waals surface area contributed by atoms with Crippen molar-refractivity contribution in [3.05, 3.63) is 12.7 Å². The van der Waals surface area contributed by atoms with Crippen LogP contribution in [0.15, 0.2) is 12.7 Å². The van der Waals surface area contributed by atoms with Gasteiger partial charge in [-0.15, -0.1) is 6.58 Å². The van der Waals surface area contributed by atoms with Crippen molar-refractivity contribution >= 4 is 11.8 Å². The Labute approximate surface area is 175 Å². The second-order valence-corrected chi connectivity index (χ2v) is 10.4. The number of carbonyl (C=O) groups is 2. The fraction of sp³-hybridized carbons (Fsp3) is 0.833. The first-order valence-corrected chi connectivity index (χ1v) is 11.0. The van der Waals surface area contributed by atoms with E-state index in [1.165, 1.54) is 0 Å². The van der Waals surface area contributed by atoms with Gasteiger partial charge < -0.3 is 14.6 Å². The van der Waals surface area contributed by atoms with Crippen molar-refractivity contribution in [3.63, 3.8) is 0 Å². The van der Waals surface area contributed by atoms with Gasteiger partial charge in [-0.1, -0.05) is 33.8 Å². The minimum atomic E-state index is -0.773. The third kappa shape index (κ3) is 3.03. The van der Waals surface area contributed by atoms with Crippen molar-refractivity contribution in [1.29, 1.82) is 0 Å². The van der Waals surface area contributed by atoms with Crippen LogP contribution in [0.5, 0.6) is 0 Å². The maximum Gasteiger partial charge on any atom is 0.332 e. The van der Waals surface area contributed by atoms with Crippen molar-refractivity contribution in [1.82, 2.24) is 0 Å². The number of esters is 1. The number of rotatable bonds is 4. The lowest BCUT2D eigenvalue weighted by Gasteiger charge is -2.61. The number of methoxy groups -OCH3 is 1. The molecule has 0 spiro atoms. The molecule has 164 valence electrons. The van der Waals surface area contributed by atoms with Gasteiger partial charge in [-0.05, 0) is 43.4 Å². The summed E-state index contributed by atoms with van der Waals surface area (Å²) in [5, 5.41) is 9.39. The van der Waals surface area contributed by atoms with E-state index in [4.69, 9.17) is 9.47 Å². The third-order valence-electron chi connectivity index (χ3n) is 9.23. The highest BCUT2D eigenvalue weighted by Crippen LogP contribution is 2.69. The highest BCUT2D eigenvalue weighted by molar-refractivity contribution is 5.89. The average molecular weight is 407 g/mol. The molecule has 3 fully saturated rings. The maximum absolute atomic E-state index is 13.8. The van der Waals surface area contributed by atoms with Gasteiger partial charge in [0.15, 0.2) is 0 Å². The van der Waals surface area contributed by atoms with E-state index in [-0.39, 0.29) is 34.6 Å². The number of ketones is 1. The molecular weight excluding hydrogens is 368 g/mol. The van der Waals surface area contributed by atoms with Gasteiger partial charge in [-0.3, -0.25) is 4.79 Å². The molecular formula is C24H38O5. The Kier molecular flexibility index (Phi) is 5.81. The molecule has 3 aliphatic rings. The first kappa shape index (κ1) is 22.5. The normalized spacial score (nSPS) is 49.7. The monoisotopic (exact) mass is 406 g/mol. The molecule has 0 aliphatic heterocycles. The lowest BCUT2D eigenvalue weighted by molar-refractivity contribution is -0.206. The quantitative estimate of drug-likeness (QED) is 0.568. The minimum absolute atomic E-state index is 0.0152. The smallest absolute Gasteiger partial charge is 0.332 e. The molecule has 0 aromatic carbocycles. The predicted octanol–water partition coefficient (Wildman–Crippen LogP) is 3.79. The van der Waals surface area contributed by atoms with E-state index in [2.05, 4.69) is 34.3 Å². The van der Waals surface area contributed by atoms with E-state index in [1.807, 2.05) is 6.92 Å². The molecule has 0 heterocycles. The van der Waals surface area contributed by atoms with Gasteiger partial charge in [0.25, 0.3) is 0 Å². The van der Waals surface area contributed by atoms with Crippen LogP contribution in [0.1, 0.15) is 60.3 Å². The first-order valence-electron chi connectivity index (χ1n) is 11.0. The summed E-state index contributed by atoms with van der Waals surface area (Å²) in [4.78, 5) is 26.0. The maximum atomic E-state index is 13.8. The van der Waals surface area contributed by atoms with Crippen LogP contribution in [0, 0.1) is 39.9 Å². The molecule has 3 rings (SSSR count). The largest absolute Gasteiger partial charge is 0.460 e. The zero-order chi connectivity index (χ0) is 21.8. The second-order valence-electron chi connectivity index (χ2n) is 10.4. The molecule has 3 saturated carbocycles. The van der Waals surface area contributed by atoms with Gasteiger partial charge in [0, 0.05) is 36.2 Å². The van der Waals surface area contributed by atoms with Crippen LogP contribution in [-0.4, -0.2) is 42.8 Å². The lowest BCUT2D eigenvalue weighted by atomic mass is 9.44. The number of hydrogen-bond donors (Lipinski definition) is 1. The van der Waals surface area contributed by atoms with Crippen molar-refractivity contribution in [3.8, 4) is 0 Å². The molecule has 0 aromatic heterocycles. The summed E-state index contributed by atoms with van der Waals surface area (Å²) < 4.78 is 12.0. The summed E-state index contributed by atoms with van der Waals surface area (Å²) in [7, 11) is 1.76. The Morgan fingerprint density at radius 2 is 1.93 bits per heavy atom. The Balaban J connectivity index is 2.25.